The van der Waals surface area contributed by atoms with E-state index in [1.165, 1.54) is 6.42 Å². The van der Waals surface area contributed by atoms with Gasteiger partial charge in [0, 0.05) is 18.5 Å². The molecule has 2 aromatic rings. The number of oxazole rings is 1. The molecule has 114 valence electrons. The van der Waals surface area contributed by atoms with Gasteiger partial charge in [0.25, 0.3) is 0 Å². The van der Waals surface area contributed by atoms with E-state index < -0.39 is 0 Å². The van der Waals surface area contributed by atoms with E-state index in [0.29, 0.717) is 24.1 Å². The number of benzene rings is 1. The fourth-order valence-electron chi connectivity index (χ4n) is 2.53. The third-order valence-electron chi connectivity index (χ3n) is 3.69. The minimum Gasteiger partial charge on any atom is -0.408 e. The van der Waals surface area contributed by atoms with Crippen molar-refractivity contribution in [3.8, 4) is 0 Å². The van der Waals surface area contributed by atoms with Crippen LogP contribution in [0.3, 0.4) is 0 Å². The molecule has 2 rings (SSSR count). The molecule has 0 N–H and O–H groups in total. The standard InChI is InChI=1S/C17H23NO3/c1-3-5-6-7-8-15(19)13-9-10-14-16(12-13)21-17(20)18(14)11-4-2/h9-10,12H,3-8,11H2,1-2H3. The molecule has 0 spiro atoms. The van der Waals surface area contributed by atoms with Gasteiger partial charge in [-0.3, -0.25) is 9.36 Å². The molecule has 0 aliphatic heterocycles. The number of Topliss-reactive ketones (excluding diaryl/α,β-unsaturated/α-hetero) is 1. The zero-order valence-corrected chi connectivity index (χ0v) is 12.9. The second kappa shape index (κ2) is 7.25. The summed E-state index contributed by atoms with van der Waals surface area (Å²) in [5.74, 6) is -0.224. The average molecular weight is 289 g/mol. The smallest absolute Gasteiger partial charge is 0.408 e. The molecular formula is C17H23NO3. The molecule has 0 bridgehead atoms. The first-order valence-electron chi connectivity index (χ1n) is 7.84. The molecule has 0 aliphatic rings. The molecule has 0 amide bonds. The summed E-state index contributed by atoms with van der Waals surface area (Å²) in [7, 11) is 0. The molecule has 0 fully saturated rings. The maximum atomic E-state index is 12.1. The summed E-state index contributed by atoms with van der Waals surface area (Å²) >= 11 is 0. The second-order valence-corrected chi connectivity index (χ2v) is 5.44. The van der Waals surface area contributed by atoms with Gasteiger partial charge >= 0.3 is 5.76 Å². The molecule has 1 aromatic carbocycles. The van der Waals surface area contributed by atoms with Crippen LogP contribution in [0, 0.1) is 0 Å². The Morgan fingerprint density at radius 2 is 1.95 bits per heavy atom. The zero-order chi connectivity index (χ0) is 15.2. The van der Waals surface area contributed by atoms with Gasteiger partial charge in [-0.25, -0.2) is 4.79 Å². The third-order valence-corrected chi connectivity index (χ3v) is 3.69. The lowest BCUT2D eigenvalue weighted by atomic mass is 10.0. The third kappa shape index (κ3) is 3.63. The number of fused-ring (bicyclic) bond motifs is 1. The van der Waals surface area contributed by atoms with Crippen molar-refractivity contribution >= 4 is 16.9 Å². The molecule has 0 saturated heterocycles. The topological polar surface area (TPSA) is 52.2 Å². The first kappa shape index (κ1) is 15.5. The lowest BCUT2D eigenvalue weighted by Crippen LogP contribution is -2.13. The molecule has 0 atom stereocenters. The van der Waals surface area contributed by atoms with Crippen LogP contribution in [-0.4, -0.2) is 10.4 Å². The number of hydrogen-bond acceptors (Lipinski definition) is 3. The summed E-state index contributed by atoms with van der Waals surface area (Å²) in [5, 5.41) is 0. The highest BCUT2D eigenvalue weighted by atomic mass is 16.4. The van der Waals surface area contributed by atoms with Gasteiger partial charge in [-0.15, -0.1) is 0 Å². The van der Waals surface area contributed by atoms with Crippen molar-refractivity contribution in [2.75, 3.05) is 0 Å². The first-order valence-corrected chi connectivity index (χ1v) is 7.84. The van der Waals surface area contributed by atoms with Crippen LogP contribution in [0.15, 0.2) is 27.4 Å². The molecule has 0 unspecified atom stereocenters. The maximum absolute atomic E-state index is 12.1. The highest BCUT2D eigenvalue weighted by molar-refractivity contribution is 5.98. The molecular weight excluding hydrogens is 266 g/mol. The fourth-order valence-corrected chi connectivity index (χ4v) is 2.53. The van der Waals surface area contributed by atoms with Crippen LogP contribution in [0.1, 0.15) is 62.7 Å². The summed E-state index contributed by atoms with van der Waals surface area (Å²) in [4.78, 5) is 23.9. The van der Waals surface area contributed by atoms with Crippen LogP contribution in [-0.2, 0) is 6.54 Å². The van der Waals surface area contributed by atoms with Gasteiger partial charge in [-0.2, -0.15) is 0 Å². The van der Waals surface area contributed by atoms with E-state index in [1.807, 2.05) is 13.0 Å². The van der Waals surface area contributed by atoms with E-state index >= 15 is 0 Å². The number of nitrogens with zero attached hydrogens (tertiary/aromatic N) is 1. The van der Waals surface area contributed by atoms with Crippen molar-refractivity contribution in [2.24, 2.45) is 0 Å². The number of rotatable bonds is 8. The van der Waals surface area contributed by atoms with E-state index in [-0.39, 0.29) is 11.5 Å². The van der Waals surface area contributed by atoms with Gasteiger partial charge in [0.1, 0.15) is 0 Å². The number of carbonyl (C=O) groups is 1. The molecule has 0 saturated carbocycles. The highest BCUT2D eigenvalue weighted by Crippen LogP contribution is 2.17. The Morgan fingerprint density at radius 3 is 2.67 bits per heavy atom. The second-order valence-electron chi connectivity index (χ2n) is 5.44. The lowest BCUT2D eigenvalue weighted by molar-refractivity contribution is 0.0979. The van der Waals surface area contributed by atoms with Crippen molar-refractivity contribution < 1.29 is 9.21 Å². The van der Waals surface area contributed by atoms with Crippen LogP contribution in [0.2, 0.25) is 0 Å². The van der Waals surface area contributed by atoms with Crippen LogP contribution in [0.5, 0.6) is 0 Å². The molecule has 4 heteroatoms. The van der Waals surface area contributed by atoms with Crippen molar-refractivity contribution in [3.05, 3.63) is 34.3 Å². The number of aryl methyl sites for hydroxylation is 1. The zero-order valence-electron chi connectivity index (χ0n) is 12.9. The summed E-state index contributed by atoms with van der Waals surface area (Å²) in [6, 6.07) is 5.31. The minimum absolute atomic E-state index is 0.124. The molecule has 0 aliphatic carbocycles. The van der Waals surface area contributed by atoms with Crippen molar-refractivity contribution in [2.45, 2.75) is 58.9 Å². The normalized spacial score (nSPS) is 11.1. The van der Waals surface area contributed by atoms with Crippen LogP contribution >= 0.6 is 0 Å². The van der Waals surface area contributed by atoms with Gasteiger partial charge < -0.3 is 4.42 Å². The molecule has 4 nitrogen and oxygen atoms in total. The Bertz CT molecular complexity index is 666. The number of hydrogen-bond donors (Lipinski definition) is 0. The molecule has 21 heavy (non-hydrogen) atoms. The Balaban J connectivity index is 2.15. The fraction of sp³-hybridized carbons (Fsp3) is 0.529. The minimum atomic E-state index is -0.348. The number of ketones is 1. The summed E-state index contributed by atoms with van der Waals surface area (Å²) in [6.07, 6.45) is 5.77. The Hall–Kier alpha value is -1.84. The molecule has 1 heterocycles. The predicted molar refractivity (Wildman–Crippen MR) is 83.9 cm³/mol. The van der Waals surface area contributed by atoms with Gasteiger partial charge in [0.05, 0.1) is 5.52 Å². The number of unbranched alkanes of at least 4 members (excludes halogenated alkanes) is 3. The van der Waals surface area contributed by atoms with E-state index in [9.17, 15) is 9.59 Å². The Morgan fingerprint density at radius 1 is 1.14 bits per heavy atom. The summed E-state index contributed by atoms with van der Waals surface area (Å²) < 4.78 is 6.86. The summed E-state index contributed by atoms with van der Waals surface area (Å²) in [6.45, 7) is 4.80. The predicted octanol–water partition coefficient (Wildman–Crippen LogP) is 4.16. The molecule has 1 aromatic heterocycles. The molecule has 0 radical (unpaired) electrons. The number of carbonyl (C=O) groups excluding carboxylic acids is 1. The van der Waals surface area contributed by atoms with Crippen molar-refractivity contribution in [1.82, 2.24) is 4.57 Å². The average Bonchev–Trinajstić information content (AvgIpc) is 2.79. The monoisotopic (exact) mass is 289 g/mol. The first-order chi connectivity index (χ1) is 10.2. The van der Waals surface area contributed by atoms with Gasteiger partial charge in [0.15, 0.2) is 11.4 Å². The van der Waals surface area contributed by atoms with E-state index in [1.54, 1.807) is 16.7 Å². The van der Waals surface area contributed by atoms with Gasteiger partial charge in [-0.1, -0.05) is 33.1 Å². The van der Waals surface area contributed by atoms with Crippen molar-refractivity contribution in [1.29, 1.82) is 0 Å². The SMILES string of the molecule is CCCCCCC(=O)c1ccc2c(c1)oc(=O)n2CCC. The van der Waals surface area contributed by atoms with Crippen LogP contribution in [0.25, 0.3) is 11.1 Å². The van der Waals surface area contributed by atoms with E-state index in [2.05, 4.69) is 6.92 Å². The van der Waals surface area contributed by atoms with Crippen LogP contribution < -0.4 is 5.76 Å². The van der Waals surface area contributed by atoms with E-state index in [4.69, 9.17) is 4.42 Å². The number of aromatic nitrogens is 1. The largest absolute Gasteiger partial charge is 0.419 e. The maximum Gasteiger partial charge on any atom is 0.419 e. The summed E-state index contributed by atoms with van der Waals surface area (Å²) in [5.41, 5.74) is 1.91. The van der Waals surface area contributed by atoms with Crippen LogP contribution in [0.4, 0.5) is 0 Å². The highest BCUT2D eigenvalue weighted by Gasteiger charge is 2.12. The Labute approximate surface area is 124 Å². The quantitative estimate of drug-likeness (QED) is 0.541. The Kier molecular flexibility index (Phi) is 5.37. The van der Waals surface area contributed by atoms with Gasteiger partial charge in [-0.05, 0) is 31.0 Å². The van der Waals surface area contributed by atoms with E-state index in [0.717, 1.165) is 31.2 Å². The van der Waals surface area contributed by atoms with Crippen molar-refractivity contribution in [3.63, 3.8) is 0 Å². The lowest BCUT2D eigenvalue weighted by Gasteiger charge is -2.02. The van der Waals surface area contributed by atoms with Gasteiger partial charge in [0.2, 0.25) is 0 Å².